The first-order valence-corrected chi connectivity index (χ1v) is 6.89. The van der Waals surface area contributed by atoms with E-state index in [4.69, 9.17) is 33.0 Å². The maximum absolute atomic E-state index is 13.3. The lowest BCUT2D eigenvalue weighted by atomic mass is 10.1. The molecular weight excluding hydrogens is 327 g/mol. The molecule has 1 aromatic rings. The second kappa shape index (κ2) is 7.77. The summed E-state index contributed by atoms with van der Waals surface area (Å²) >= 11 is 11.2. The zero-order valence-corrected chi connectivity index (χ0v) is 12.8. The van der Waals surface area contributed by atoms with Gasteiger partial charge in [0.25, 0.3) is 5.92 Å². The standard InChI is InChI=1S/C13H15Cl2F2NO3/c1-21-11-4-10(15)3-2-9(11)6-18(12(20)5-14)7-13(16,17)8-19/h2-4,19H,5-8H2,1H3. The monoisotopic (exact) mass is 341 g/mol. The second-order valence-corrected chi connectivity index (χ2v) is 5.06. The number of aliphatic hydroxyl groups excluding tert-OH is 1. The van der Waals surface area contributed by atoms with E-state index in [0.717, 1.165) is 4.90 Å². The third-order valence-electron chi connectivity index (χ3n) is 2.73. The van der Waals surface area contributed by atoms with E-state index in [1.165, 1.54) is 13.2 Å². The number of methoxy groups -OCH3 is 1. The Morgan fingerprint density at radius 1 is 1.48 bits per heavy atom. The molecule has 0 bridgehead atoms. The Morgan fingerprint density at radius 2 is 2.14 bits per heavy atom. The Balaban J connectivity index is 2.99. The van der Waals surface area contributed by atoms with E-state index in [0.29, 0.717) is 16.3 Å². The van der Waals surface area contributed by atoms with Gasteiger partial charge in [0.15, 0.2) is 0 Å². The van der Waals surface area contributed by atoms with Crippen LogP contribution in [0.25, 0.3) is 0 Å². The fraction of sp³-hybridized carbons (Fsp3) is 0.462. The van der Waals surface area contributed by atoms with Crippen molar-refractivity contribution < 1.29 is 23.4 Å². The molecule has 21 heavy (non-hydrogen) atoms. The number of aliphatic hydroxyl groups is 1. The normalized spacial score (nSPS) is 11.3. The van der Waals surface area contributed by atoms with Crippen LogP contribution >= 0.6 is 23.2 Å². The first-order chi connectivity index (χ1) is 9.82. The highest BCUT2D eigenvalue weighted by Gasteiger charge is 2.33. The van der Waals surface area contributed by atoms with Crippen molar-refractivity contribution in [3.05, 3.63) is 28.8 Å². The van der Waals surface area contributed by atoms with Gasteiger partial charge in [-0.15, -0.1) is 11.6 Å². The largest absolute Gasteiger partial charge is 0.496 e. The lowest BCUT2D eigenvalue weighted by molar-refractivity contribution is -0.137. The molecule has 0 saturated heterocycles. The molecule has 0 radical (unpaired) electrons. The number of alkyl halides is 3. The van der Waals surface area contributed by atoms with Gasteiger partial charge in [-0.2, -0.15) is 0 Å². The van der Waals surface area contributed by atoms with Crippen LogP contribution in [0.1, 0.15) is 5.56 Å². The molecule has 1 aromatic carbocycles. The van der Waals surface area contributed by atoms with Gasteiger partial charge in [0.2, 0.25) is 5.91 Å². The Labute approximate surface area is 131 Å². The molecule has 0 aliphatic heterocycles. The molecular formula is C13H15Cl2F2NO3. The van der Waals surface area contributed by atoms with Crippen molar-refractivity contribution in [2.45, 2.75) is 12.5 Å². The van der Waals surface area contributed by atoms with Crippen molar-refractivity contribution in [1.82, 2.24) is 4.90 Å². The van der Waals surface area contributed by atoms with Crippen LogP contribution < -0.4 is 4.74 Å². The first kappa shape index (κ1) is 17.9. The lowest BCUT2D eigenvalue weighted by Gasteiger charge is -2.26. The van der Waals surface area contributed by atoms with Gasteiger partial charge in [0, 0.05) is 17.1 Å². The summed E-state index contributed by atoms with van der Waals surface area (Å²) in [6.07, 6.45) is 0. The SMILES string of the molecule is COc1cc(Cl)ccc1CN(CC(F)(F)CO)C(=O)CCl. The van der Waals surface area contributed by atoms with Crippen molar-refractivity contribution in [1.29, 1.82) is 0 Å². The Kier molecular flexibility index (Phi) is 6.64. The number of hydrogen-bond donors (Lipinski definition) is 1. The number of hydrogen-bond acceptors (Lipinski definition) is 3. The average molecular weight is 342 g/mol. The topological polar surface area (TPSA) is 49.8 Å². The summed E-state index contributed by atoms with van der Waals surface area (Å²) < 4.78 is 31.7. The van der Waals surface area contributed by atoms with Gasteiger partial charge < -0.3 is 14.7 Å². The number of amides is 1. The van der Waals surface area contributed by atoms with Crippen LogP contribution in [0.3, 0.4) is 0 Å². The van der Waals surface area contributed by atoms with Gasteiger partial charge in [-0.1, -0.05) is 17.7 Å². The summed E-state index contributed by atoms with van der Waals surface area (Å²) in [5, 5.41) is 9.06. The molecule has 0 aliphatic carbocycles. The molecule has 1 N–H and O–H groups in total. The van der Waals surface area contributed by atoms with Crippen molar-refractivity contribution in [2.75, 3.05) is 26.1 Å². The zero-order valence-electron chi connectivity index (χ0n) is 11.3. The van der Waals surface area contributed by atoms with Gasteiger partial charge >= 0.3 is 0 Å². The van der Waals surface area contributed by atoms with Gasteiger partial charge in [0.1, 0.15) is 18.2 Å². The van der Waals surface area contributed by atoms with Crippen molar-refractivity contribution in [2.24, 2.45) is 0 Å². The number of benzene rings is 1. The molecule has 8 heteroatoms. The highest BCUT2D eigenvalue weighted by molar-refractivity contribution is 6.30. The number of rotatable bonds is 7. The summed E-state index contributed by atoms with van der Waals surface area (Å²) in [6, 6.07) is 4.66. The fourth-order valence-electron chi connectivity index (χ4n) is 1.70. The summed E-state index contributed by atoms with van der Waals surface area (Å²) in [7, 11) is 1.41. The van der Waals surface area contributed by atoms with E-state index < -0.39 is 30.9 Å². The summed E-state index contributed by atoms with van der Waals surface area (Å²) in [5.74, 6) is -4.12. The molecule has 0 atom stereocenters. The third kappa shape index (κ3) is 5.30. The van der Waals surface area contributed by atoms with Gasteiger partial charge in [-0.3, -0.25) is 4.79 Å². The van der Waals surface area contributed by atoms with Crippen LogP contribution in [-0.4, -0.2) is 48.0 Å². The minimum absolute atomic E-state index is 0.124. The van der Waals surface area contributed by atoms with Crippen LogP contribution in [0.2, 0.25) is 5.02 Å². The molecule has 0 unspecified atom stereocenters. The molecule has 118 valence electrons. The number of halogens is 4. The summed E-state index contributed by atoms with van der Waals surface area (Å²) in [4.78, 5) is 12.6. The van der Waals surface area contributed by atoms with Gasteiger partial charge in [0.05, 0.1) is 13.7 Å². The highest BCUT2D eigenvalue weighted by atomic mass is 35.5. The zero-order chi connectivity index (χ0) is 16.0. The quantitative estimate of drug-likeness (QED) is 0.775. The molecule has 0 spiro atoms. The summed E-state index contributed by atoms with van der Waals surface area (Å²) in [5.41, 5.74) is 0.508. The van der Waals surface area contributed by atoms with E-state index in [1.807, 2.05) is 0 Å². The Hall–Kier alpha value is -1.11. The van der Waals surface area contributed by atoms with Crippen molar-refractivity contribution in [3.63, 3.8) is 0 Å². The van der Waals surface area contributed by atoms with E-state index in [-0.39, 0.29) is 6.54 Å². The molecule has 0 fully saturated rings. The average Bonchev–Trinajstić information content (AvgIpc) is 2.47. The summed E-state index contributed by atoms with van der Waals surface area (Å²) in [6.45, 7) is -2.40. The molecule has 1 amide bonds. The predicted molar refractivity (Wildman–Crippen MR) is 76.2 cm³/mol. The molecule has 0 heterocycles. The van der Waals surface area contributed by atoms with Crippen molar-refractivity contribution >= 4 is 29.1 Å². The van der Waals surface area contributed by atoms with Gasteiger partial charge in [-0.05, 0) is 12.1 Å². The maximum atomic E-state index is 13.3. The van der Waals surface area contributed by atoms with Crippen LogP contribution in [0, 0.1) is 0 Å². The lowest BCUT2D eigenvalue weighted by Crippen LogP contribution is -2.42. The molecule has 0 saturated carbocycles. The molecule has 0 aliphatic rings. The number of ether oxygens (including phenoxy) is 1. The number of carbonyl (C=O) groups excluding carboxylic acids is 1. The van der Waals surface area contributed by atoms with E-state index >= 15 is 0 Å². The molecule has 0 aromatic heterocycles. The van der Waals surface area contributed by atoms with Crippen LogP contribution in [0.4, 0.5) is 8.78 Å². The van der Waals surface area contributed by atoms with E-state index in [1.54, 1.807) is 12.1 Å². The maximum Gasteiger partial charge on any atom is 0.287 e. The number of nitrogens with zero attached hydrogens (tertiary/aromatic N) is 1. The second-order valence-electron chi connectivity index (χ2n) is 4.35. The van der Waals surface area contributed by atoms with Crippen LogP contribution in [-0.2, 0) is 11.3 Å². The van der Waals surface area contributed by atoms with Gasteiger partial charge in [-0.25, -0.2) is 8.78 Å². The third-order valence-corrected chi connectivity index (χ3v) is 3.19. The van der Waals surface area contributed by atoms with Crippen LogP contribution in [0.5, 0.6) is 5.75 Å². The smallest absolute Gasteiger partial charge is 0.287 e. The fourth-order valence-corrected chi connectivity index (χ4v) is 2.03. The van der Waals surface area contributed by atoms with E-state index in [2.05, 4.69) is 0 Å². The Bertz CT molecular complexity index is 500. The molecule has 1 rings (SSSR count). The first-order valence-electron chi connectivity index (χ1n) is 5.98. The molecule has 4 nitrogen and oxygen atoms in total. The predicted octanol–water partition coefficient (Wildman–Crippen LogP) is 2.54. The van der Waals surface area contributed by atoms with E-state index in [9.17, 15) is 13.6 Å². The Morgan fingerprint density at radius 3 is 2.67 bits per heavy atom. The minimum Gasteiger partial charge on any atom is -0.496 e. The van der Waals surface area contributed by atoms with Crippen molar-refractivity contribution in [3.8, 4) is 5.75 Å². The minimum atomic E-state index is -3.40. The van der Waals surface area contributed by atoms with Crippen LogP contribution in [0.15, 0.2) is 18.2 Å². The highest BCUT2D eigenvalue weighted by Crippen LogP contribution is 2.25. The number of carbonyl (C=O) groups is 1.